The Bertz CT molecular complexity index is 970. The van der Waals surface area contributed by atoms with E-state index in [4.69, 9.17) is 0 Å². The molecule has 31 heavy (non-hydrogen) atoms. The van der Waals surface area contributed by atoms with E-state index in [1.807, 2.05) is 37.5 Å². The highest BCUT2D eigenvalue weighted by Gasteiger charge is 2.25. The summed E-state index contributed by atoms with van der Waals surface area (Å²) in [4.78, 5) is 4.68. The highest BCUT2D eigenvalue weighted by atomic mass is 79.9. The molecule has 172 valence electrons. The Kier molecular flexibility index (Phi) is 8.18. The molecule has 0 aliphatic carbocycles. The lowest BCUT2D eigenvalue weighted by Gasteiger charge is -2.35. The number of hydrogen-bond acceptors (Lipinski definition) is 5. The molecule has 9 heteroatoms. The first-order valence-electron chi connectivity index (χ1n) is 10.9. The predicted octanol–water partition coefficient (Wildman–Crippen LogP) is 3.26. The predicted molar refractivity (Wildman–Crippen MR) is 129 cm³/mol. The van der Waals surface area contributed by atoms with Crippen molar-refractivity contribution in [1.82, 2.24) is 19.4 Å². The standard InChI is InChI=1S/C22H34BrN5O2S/c1-17-7-11-28(12-8-17)18(2)14-25-31(29,30)22-6-5-20(23)13-21(22)26(3)10-9-19-15-24-27(4)16-19/h5-6,13,15-18,25H,7-12,14H2,1-4H3. The molecule has 1 aromatic carbocycles. The first-order chi connectivity index (χ1) is 14.7. The lowest BCUT2D eigenvalue weighted by Crippen LogP contribution is -2.45. The van der Waals surface area contributed by atoms with Crippen molar-refractivity contribution in [2.45, 2.75) is 44.0 Å². The number of benzene rings is 1. The van der Waals surface area contributed by atoms with Crippen LogP contribution in [0.1, 0.15) is 32.3 Å². The zero-order valence-corrected chi connectivity index (χ0v) is 21.3. The summed E-state index contributed by atoms with van der Waals surface area (Å²) < 4.78 is 31.9. The molecule has 0 saturated carbocycles. The van der Waals surface area contributed by atoms with Crippen molar-refractivity contribution < 1.29 is 8.42 Å². The summed E-state index contributed by atoms with van der Waals surface area (Å²) in [5, 5.41) is 4.20. The smallest absolute Gasteiger partial charge is 0.242 e. The summed E-state index contributed by atoms with van der Waals surface area (Å²) >= 11 is 3.49. The Labute approximate surface area is 195 Å². The molecule has 1 unspecified atom stereocenters. The molecule has 3 rings (SSSR count). The van der Waals surface area contributed by atoms with Crippen LogP contribution in [0.15, 0.2) is 40.0 Å². The molecule has 1 atom stereocenters. The molecule has 0 spiro atoms. The van der Waals surface area contributed by atoms with Gasteiger partial charge in [0.15, 0.2) is 0 Å². The number of nitrogens with zero attached hydrogens (tertiary/aromatic N) is 4. The average Bonchev–Trinajstić information content (AvgIpc) is 3.15. The number of rotatable bonds is 9. The molecule has 1 N–H and O–H groups in total. The SMILES string of the molecule is CC1CCN(C(C)CNS(=O)(=O)c2ccc(Br)cc2N(C)CCc2cnn(C)c2)CC1. The number of aryl methyl sites for hydroxylation is 1. The second kappa shape index (κ2) is 10.5. The van der Waals surface area contributed by atoms with Crippen LogP contribution < -0.4 is 9.62 Å². The third kappa shape index (κ3) is 6.54. The number of likely N-dealkylation sites (tertiary alicyclic amines) is 1. The minimum atomic E-state index is -3.63. The molecule has 7 nitrogen and oxygen atoms in total. The summed E-state index contributed by atoms with van der Waals surface area (Å²) in [5.41, 5.74) is 1.81. The topological polar surface area (TPSA) is 70.5 Å². The van der Waals surface area contributed by atoms with Crippen LogP contribution in [0, 0.1) is 5.92 Å². The second-order valence-electron chi connectivity index (χ2n) is 8.73. The number of sulfonamides is 1. The zero-order valence-electron chi connectivity index (χ0n) is 18.9. The number of likely N-dealkylation sites (N-methyl/N-ethyl adjacent to an activating group) is 1. The van der Waals surface area contributed by atoms with Crippen LogP contribution in [0.5, 0.6) is 0 Å². The van der Waals surface area contributed by atoms with Gasteiger partial charge in [-0.1, -0.05) is 22.9 Å². The van der Waals surface area contributed by atoms with Gasteiger partial charge in [-0.3, -0.25) is 9.58 Å². The lowest BCUT2D eigenvalue weighted by molar-refractivity contribution is 0.148. The molecule has 1 aliphatic rings. The summed E-state index contributed by atoms with van der Waals surface area (Å²) in [6.07, 6.45) is 6.97. The van der Waals surface area contributed by atoms with Crippen LogP contribution in [0.2, 0.25) is 0 Å². The Morgan fingerprint density at radius 1 is 1.32 bits per heavy atom. The number of nitrogens with one attached hydrogen (secondary N) is 1. The summed E-state index contributed by atoms with van der Waals surface area (Å²) in [5.74, 6) is 0.757. The van der Waals surface area contributed by atoms with Crippen molar-refractivity contribution in [3.63, 3.8) is 0 Å². The van der Waals surface area contributed by atoms with Crippen molar-refractivity contribution in [3.8, 4) is 0 Å². The van der Waals surface area contributed by atoms with Gasteiger partial charge in [0, 0.05) is 43.9 Å². The van der Waals surface area contributed by atoms with Crippen molar-refractivity contribution in [3.05, 3.63) is 40.6 Å². The molecule has 2 heterocycles. The maximum absolute atomic E-state index is 13.2. The summed E-state index contributed by atoms with van der Waals surface area (Å²) in [6.45, 7) is 7.54. The average molecular weight is 513 g/mol. The summed E-state index contributed by atoms with van der Waals surface area (Å²) in [7, 11) is 0.186. The van der Waals surface area contributed by atoms with E-state index in [1.54, 1.807) is 16.8 Å². The number of aromatic nitrogens is 2. The third-order valence-electron chi connectivity index (χ3n) is 6.13. The van der Waals surface area contributed by atoms with Crippen molar-refractivity contribution >= 4 is 31.6 Å². The zero-order chi connectivity index (χ0) is 22.6. The van der Waals surface area contributed by atoms with E-state index in [1.165, 1.54) is 12.8 Å². The minimum absolute atomic E-state index is 0.171. The highest BCUT2D eigenvalue weighted by Crippen LogP contribution is 2.28. The van der Waals surface area contributed by atoms with Gasteiger partial charge in [-0.15, -0.1) is 0 Å². The van der Waals surface area contributed by atoms with Gasteiger partial charge in [-0.05, 0) is 69.0 Å². The molecule has 1 saturated heterocycles. The van der Waals surface area contributed by atoms with Gasteiger partial charge in [0.2, 0.25) is 10.0 Å². The second-order valence-corrected chi connectivity index (χ2v) is 11.4. The van der Waals surface area contributed by atoms with Gasteiger partial charge in [-0.2, -0.15) is 5.10 Å². The van der Waals surface area contributed by atoms with Gasteiger partial charge in [0.25, 0.3) is 0 Å². The van der Waals surface area contributed by atoms with E-state index < -0.39 is 10.0 Å². The Hall–Kier alpha value is -1.42. The van der Waals surface area contributed by atoms with E-state index in [9.17, 15) is 8.42 Å². The number of halogens is 1. The fourth-order valence-corrected chi connectivity index (χ4v) is 5.64. The molecule has 1 aromatic heterocycles. The van der Waals surface area contributed by atoms with Gasteiger partial charge in [-0.25, -0.2) is 13.1 Å². The van der Waals surface area contributed by atoms with Crippen molar-refractivity contribution in [2.24, 2.45) is 13.0 Å². The number of piperidine rings is 1. The molecular formula is C22H34BrN5O2S. The van der Waals surface area contributed by atoms with E-state index >= 15 is 0 Å². The van der Waals surface area contributed by atoms with Crippen molar-refractivity contribution in [2.75, 3.05) is 38.1 Å². The minimum Gasteiger partial charge on any atom is -0.373 e. The Balaban J connectivity index is 1.68. The maximum Gasteiger partial charge on any atom is 0.242 e. The molecule has 1 fully saturated rings. The largest absolute Gasteiger partial charge is 0.373 e. The van der Waals surface area contributed by atoms with E-state index in [-0.39, 0.29) is 6.04 Å². The first-order valence-corrected chi connectivity index (χ1v) is 13.1. The monoisotopic (exact) mass is 511 g/mol. The molecule has 0 radical (unpaired) electrons. The van der Waals surface area contributed by atoms with Crippen LogP contribution in [0.25, 0.3) is 0 Å². The quantitative estimate of drug-likeness (QED) is 0.559. The molecular weight excluding hydrogens is 478 g/mol. The van der Waals surface area contributed by atoms with Crippen LogP contribution in [-0.2, 0) is 23.5 Å². The third-order valence-corrected chi connectivity index (χ3v) is 8.09. The fraction of sp³-hybridized carbons (Fsp3) is 0.591. The molecule has 2 aromatic rings. The van der Waals surface area contributed by atoms with E-state index in [2.05, 4.69) is 44.5 Å². The fourth-order valence-electron chi connectivity index (χ4n) is 3.94. The maximum atomic E-state index is 13.2. The first kappa shape index (κ1) is 24.2. The van der Waals surface area contributed by atoms with Gasteiger partial charge < -0.3 is 4.90 Å². The van der Waals surface area contributed by atoms with Crippen LogP contribution in [-0.4, -0.2) is 62.4 Å². The number of anilines is 1. The Morgan fingerprint density at radius 2 is 2.03 bits per heavy atom. The van der Waals surface area contributed by atoms with E-state index in [0.717, 1.165) is 35.5 Å². The van der Waals surface area contributed by atoms with E-state index in [0.29, 0.717) is 23.7 Å². The Morgan fingerprint density at radius 3 is 2.68 bits per heavy atom. The molecule has 0 amide bonds. The molecule has 1 aliphatic heterocycles. The highest BCUT2D eigenvalue weighted by molar-refractivity contribution is 9.10. The van der Waals surface area contributed by atoms with Gasteiger partial charge in [0.05, 0.1) is 11.9 Å². The van der Waals surface area contributed by atoms with Gasteiger partial charge >= 0.3 is 0 Å². The lowest BCUT2D eigenvalue weighted by atomic mass is 9.98. The summed E-state index contributed by atoms with van der Waals surface area (Å²) in [6, 6.07) is 5.50. The van der Waals surface area contributed by atoms with Crippen LogP contribution in [0.3, 0.4) is 0 Å². The van der Waals surface area contributed by atoms with Gasteiger partial charge in [0.1, 0.15) is 4.90 Å². The van der Waals surface area contributed by atoms with Crippen LogP contribution in [0.4, 0.5) is 5.69 Å². The molecule has 0 bridgehead atoms. The van der Waals surface area contributed by atoms with Crippen molar-refractivity contribution in [1.29, 1.82) is 0 Å². The number of hydrogen-bond donors (Lipinski definition) is 1. The normalized spacial score (nSPS) is 17.1. The van der Waals surface area contributed by atoms with Crippen LogP contribution >= 0.6 is 15.9 Å².